The van der Waals surface area contributed by atoms with E-state index in [4.69, 9.17) is 18.9 Å². The van der Waals surface area contributed by atoms with Gasteiger partial charge in [0.25, 0.3) is 0 Å². The van der Waals surface area contributed by atoms with Gasteiger partial charge in [-0.2, -0.15) is 10.2 Å². The number of methoxy groups -OCH3 is 1. The molecule has 12 heteroatoms. The molecule has 2 fully saturated rings. The quantitative estimate of drug-likeness (QED) is 0.184. The number of aliphatic hydroxyl groups is 1. The van der Waals surface area contributed by atoms with Gasteiger partial charge in [-0.25, -0.2) is 9.97 Å². The summed E-state index contributed by atoms with van der Waals surface area (Å²) in [5.74, 6) is 0.146. The number of β-amino-alcohol motifs (C(OH)–C–C–N with tert-alkyl or cyclic N) is 1. The van der Waals surface area contributed by atoms with Crippen molar-refractivity contribution in [3.8, 4) is 40.4 Å². The van der Waals surface area contributed by atoms with Crippen LogP contribution in [0, 0.1) is 24.2 Å². The van der Waals surface area contributed by atoms with E-state index >= 15 is 0 Å². The molecule has 0 bridgehead atoms. The van der Waals surface area contributed by atoms with Crippen LogP contribution in [0.4, 0.5) is 0 Å². The summed E-state index contributed by atoms with van der Waals surface area (Å²) in [6.45, 7) is 5.78. The zero-order chi connectivity index (χ0) is 35.9. The largest absolute Gasteiger partial charge is 0.481 e. The van der Waals surface area contributed by atoms with Crippen LogP contribution in [0.15, 0.2) is 59.1 Å². The van der Waals surface area contributed by atoms with Crippen LogP contribution in [0.5, 0.6) is 11.8 Å². The summed E-state index contributed by atoms with van der Waals surface area (Å²) in [6, 6.07) is 18.4. The normalized spacial score (nSPS) is 20.3. The van der Waals surface area contributed by atoms with Crippen molar-refractivity contribution < 1.29 is 28.9 Å². The van der Waals surface area contributed by atoms with Crippen LogP contribution >= 0.6 is 0 Å². The van der Waals surface area contributed by atoms with Gasteiger partial charge in [0.2, 0.25) is 17.7 Å². The maximum Gasteiger partial charge on any atom is 0.307 e. The number of benzene rings is 3. The van der Waals surface area contributed by atoms with E-state index in [1.54, 1.807) is 13.3 Å². The SMILES string of the molecule is COc1nc(O[C@H]2CCc3c(-c4cccc(-c5nc6cc(CN7CC[C@@H](C(=O)O)C7)cc(C#N)c6o5)c4C)cccc32)cnc1CN1CC[C@@H](O)C1. The van der Waals surface area contributed by atoms with Gasteiger partial charge in [0.1, 0.15) is 23.4 Å². The Morgan fingerprint density at radius 1 is 1.02 bits per heavy atom. The molecule has 4 heterocycles. The Kier molecular flexibility index (Phi) is 9.09. The number of aromatic nitrogens is 3. The fraction of sp³-hybridized carbons (Fsp3) is 0.375. The average Bonchev–Trinajstić information content (AvgIpc) is 3.96. The third-order valence-electron chi connectivity index (χ3n) is 10.6. The lowest BCUT2D eigenvalue weighted by Crippen LogP contribution is -2.22. The first-order valence-electron chi connectivity index (χ1n) is 17.8. The summed E-state index contributed by atoms with van der Waals surface area (Å²) in [7, 11) is 1.58. The number of carboxylic acids is 1. The Morgan fingerprint density at radius 3 is 2.58 bits per heavy atom. The van der Waals surface area contributed by atoms with Crippen LogP contribution in [-0.2, 0) is 24.3 Å². The average molecular weight is 701 g/mol. The van der Waals surface area contributed by atoms with Crippen molar-refractivity contribution in [3.05, 3.63) is 88.2 Å². The van der Waals surface area contributed by atoms with E-state index in [2.05, 4.69) is 57.0 Å². The van der Waals surface area contributed by atoms with E-state index in [-0.39, 0.29) is 18.1 Å². The molecular formula is C40H40N6O6. The van der Waals surface area contributed by atoms with Crippen LogP contribution in [0.3, 0.4) is 0 Å². The lowest BCUT2D eigenvalue weighted by atomic mass is 9.91. The predicted molar refractivity (Wildman–Crippen MR) is 192 cm³/mol. The fourth-order valence-electron chi connectivity index (χ4n) is 7.99. The number of oxazole rings is 1. The Morgan fingerprint density at radius 2 is 1.81 bits per heavy atom. The lowest BCUT2D eigenvalue weighted by molar-refractivity contribution is -0.141. The van der Waals surface area contributed by atoms with Gasteiger partial charge in [-0.3, -0.25) is 14.6 Å². The van der Waals surface area contributed by atoms with Crippen molar-refractivity contribution in [1.29, 1.82) is 5.26 Å². The van der Waals surface area contributed by atoms with Gasteiger partial charge in [-0.1, -0.05) is 30.3 Å². The van der Waals surface area contributed by atoms with Crippen LogP contribution < -0.4 is 9.47 Å². The van der Waals surface area contributed by atoms with Crippen molar-refractivity contribution in [2.24, 2.45) is 5.92 Å². The van der Waals surface area contributed by atoms with E-state index in [1.807, 2.05) is 24.3 Å². The molecule has 3 aliphatic rings. The second-order valence-corrected chi connectivity index (χ2v) is 14.0. The number of ether oxygens (including phenoxy) is 2. The van der Waals surface area contributed by atoms with E-state index in [0.717, 1.165) is 64.9 Å². The second-order valence-electron chi connectivity index (χ2n) is 14.0. The number of rotatable bonds is 10. The van der Waals surface area contributed by atoms with Crippen molar-refractivity contribution in [2.75, 3.05) is 33.3 Å². The van der Waals surface area contributed by atoms with Gasteiger partial charge in [0.05, 0.1) is 30.9 Å². The monoisotopic (exact) mass is 700 g/mol. The topological polar surface area (TPSA) is 158 Å². The van der Waals surface area contributed by atoms with Crippen molar-refractivity contribution in [3.63, 3.8) is 0 Å². The molecule has 0 saturated carbocycles. The minimum Gasteiger partial charge on any atom is -0.481 e. The van der Waals surface area contributed by atoms with E-state index in [0.29, 0.717) is 73.5 Å². The molecule has 2 aliphatic heterocycles. The molecule has 2 saturated heterocycles. The van der Waals surface area contributed by atoms with Crippen molar-refractivity contribution in [1.82, 2.24) is 24.8 Å². The Hall–Kier alpha value is -5.35. The van der Waals surface area contributed by atoms with Gasteiger partial charge >= 0.3 is 5.97 Å². The molecule has 12 nitrogen and oxygen atoms in total. The molecule has 0 unspecified atom stereocenters. The summed E-state index contributed by atoms with van der Waals surface area (Å²) >= 11 is 0. The maximum absolute atomic E-state index is 11.5. The van der Waals surface area contributed by atoms with Crippen LogP contribution in [0.1, 0.15) is 58.9 Å². The van der Waals surface area contributed by atoms with Gasteiger partial charge < -0.3 is 24.1 Å². The minimum atomic E-state index is -0.767. The molecule has 266 valence electrons. The smallest absolute Gasteiger partial charge is 0.307 e. The highest BCUT2D eigenvalue weighted by Crippen LogP contribution is 2.42. The first kappa shape index (κ1) is 33.8. The van der Waals surface area contributed by atoms with Gasteiger partial charge in [-0.05, 0) is 90.7 Å². The van der Waals surface area contributed by atoms with Crippen LogP contribution in [-0.4, -0.2) is 80.3 Å². The third-order valence-corrected chi connectivity index (χ3v) is 10.6. The number of hydrogen-bond donors (Lipinski definition) is 2. The number of likely N-dealkylation sites (tertiary alicyclic amines) is 2. The number of carbonyl (C=O) groups is 1. The van der Waals surface area contributed by atoms with E-state index in [9.17, 15) is 20.3 Å². The maximum atomic E-state index is 11.5. The van der Waals surface area contributed by atoms with E-state index < -0.39 is 5.97 Å². The zero-order valence-corrected chi connectivity index (χ0v) is 29.2. The minimum absolute atomic E-state index is 0.191. The van der Waals surface area contributed by atoms with Crippen LogP contribution in [0.2, 0.25) is 0 Å². The molecule has 2 aromatic heterocycles. The molecule has 5 aromatic rings. The summed E-state index contributed by atoms with van der Waals surface area (Å²) in [5, 5.41) is 29.3. The number of hydrogen-bond acceptors (Lipinski definition) is 11. The summed E-state index contributed by atoms with van der Waals surface area (Å²) in [6.07, 6.45) is 4.16. The highest BCUT2D eigenvalue weighted by atomic mass is 16.5. The Bertz CT molecular complexity index is 2210. The number of fused-ring (bicyclic) bond motifs is 2. The molecule has 0 spiro atoms. The van der Waals surface area contributed by atoms with Crippen molar-refractivity contribution in [2.45, 2.75) is 57.9 Å². The Balaban J connectivity index is 1.04. The highest BCUT2D eigenvalue weighted by Gasteiger charge is 2.30. The first-order valence-corrected chi connectivity index (χ1v) is 17.8. The lowest BCUT2D eigenvalue weighted by Gasteiger charge is -2.18. The number of aliphatic carboxylic acids is 1. The molecule has 2 N–H and O–H groups in total. The molecular weight excluding hydrogens is 660 g/mol. The molecule has 3 atom stereocenters. The first-order chi connectivity index (χ1) is 25.3. The van der Waals surface area contributed by atoms with Crippen molar-refractivity contribution >= 4 is 17.1 Å². The number of nitriles is 1. The fourth-order valence-corrected chi connectivity index (χ4v) is 7.99. The number of nitrogens with zero attached hydrogens (tertiary/aromatic N) is 6. The molecule has 52 heavy (non-hydrogen) atoms. The molecule has 3 aromatic carbocycles. The standard InChI is InChI=1S/C40H40N6O6/c1-23-28(5-3-6-29(23)38-43-33-16-24(15-26(17-41)37(33)52-38)19-45-13-11-25(20-45)40(48)49)30-7-4-8-32-31(30)9-10-35(32)51-36-18-42-34(39(44-36)50-2)22-46-14-12-27(47)21-46/h3-8,15-16,18,25,27,35,47H,9-14,19-22H2,1-2H3,(H,48,49)/t25-,27-,35+/m1/s1. The number of aliphatic hydroxyl groups excluding tert-OH is 1. The van der Waals surface area contributed by atoms with Crippen LogP contribution in [0.25, 0.3) is 33.7 Å². The predicted octanol–water partition coefficient (Wildman–Crippen LogP) is 5.68. The molecule has 1 aliphatic carbocycles. The zero-order valence-electron chi connectivity index (χ0n) is 29.2. The van der Waals surface area contributed by atoms with Gasteiger partial charge in [-0.15, -0.1) is 0 Å². The Labute approximate surface area is 301 Å². The molecule has 0 radical (unpaired) electrons. The molecule has 0 amide bonds. The summed E-state index contributed by atoms with van der Waals surface area (Å²) in [4.78, 5) is 29.8. The highest BCUT2D eigenvalue weighted by molar-refractivity contribution is 5.85. The van der Waals surface area contributed by atoms with E-state index in [1.165, 1.54) is 5.56 Å². The summed E-state index contributed by atoms with van der Waals surface area (Å²) < 4.78 is 18.3. The summed E-state index contributed by atoms with van der Waals surface area (Å²) in [5.41, 5.74) is 9.45. The van der Waals surface area contributed by atoms with Gasteiger partial charge in [0.15, 0.2) is 5.58 Å². The third kappa shape index (κ3) is 6.47. The molecule has 8 rings (SSSR count). The second kappa shape index (κ2) is 14.0. The number of carboxylic acid groups (broad SMARTS) is 1. The van der Waals surface area contributed by atoms with Gasteiger partial charge in [0, 0.05) is 38.3 Å².